The summed E-state index contributed by atoms with van der Waals surface area (Å²) in [4.78, 5) is 56.3. The van der Waals surface area contributed by atoms with Gasteiger partial charge in [-0.3, -0.25) is 9.69 Å². The molecule has 2 amide bonds. The van der Waals surface area contributed by atoms with Crippen LogP contribution in [-0.2, 0) is 24.3 Å². The summed E-state index contributed by atoms with van der Waals surface area (Å²) in [6.45, 7) is 4.92. The van der Waals surface area contributed by atoms with Crippen LogP contribution < -0.4 is 9.50 Å². The van der Waals surface area contributed by atoms with Crippen LogP contribution in [0.4, 0.5) is 4.79 Å². The molecule has 5 aromatic carbocycles. The topological polar surface area (TPSA) is 195 Å². The Balaban J connectivity index is 1.36. The van der Waals surface area contributed by atoms with Gasteiger partial charge in [-0.1, -0.05) is 48.5 Å². The van der Waals surface area contributed by atoms with Crippen LogP contribution in [0.25, 0.3) is 10.8 Å². The van der Waals surface area contributed by atoms with Gasteiger partial charge >= 0.3 is 28.1 Å². The van der Waals surface area contributed by atoms with Gasteiger partial charge in [-0.15, -0.1) is 0 Å². The molecule has 0 spiro atoms. The predicted molar refractivity (Wildman–Crippen MR) is 206 cm³/mol. The van der Waals surface area contributed by atoms with Gasteiger partial charge in [0.2, 0.25) is 6.23 Å². The lowest BCUT2D eigenvalue weighted by molar-refractivity contribution is -0.0709. The number of hydrogen-bond acceptors (Lipinski definition) is 12. The first-order valence-electron chi connectivity index (χ1n) is 17.9. The van der Waals surface area contributed by atoms with Crippen LogP contribution in [0.2, 0.25) is 0 Å². The average molecular weight is 797 g/mol. The fourth-order valence-electron chi connectivity index (χ4n) is 6.18. The molecule has 0 bridgehead atoms. The van der Waals surface area contributed by atoms with Gasteiger partial charge in [-0.25, -0.2) is 14.4 Å². The van der Waals surface area contributed by atoms with Crippen molar-refractivity contribution < 1.29 is 56.2 Å². The second kappa shape index (κ2) is 16.6. The van der Waals surface area contributed by atoms with Gasteiger partial charge in [0.15, 0.2) is 11.5 Å². The number of benzene rings is 5. The van der Waals surface area contributed by atoms with E-state index in [1.807, 2.05) is 18.2 Å². The molecule has 1 fully saturated rings. The van der Waals surface area contributed by atoms with Crippen LogP contribution in [0, 0.1) is 0 Å². The van der Waals surface area contributed by atoms with Crippen LogP contribution >= 0.6 is 0 Å². The van der Waals surface area contributed by atoms with Crippen molar-refractivity contribution in [3.8, 4) is 17.2 Å². The molecule has 1 saturated heterocycles. The van der Waals surface area contributed by atoms with E-state index in [0.29, 0.717) is 5.39 Å². The number of fused-ring (bicyclic) bond motifs is 1. The molecule has 296 valence electrons. The van der Waals surface area contributed by atoms with Crippen LogP contribution in [0.5, 0.6) is 17.2 Å². The zero-order chi connectivity index (χ0) is 40.9. The number of ether oxygens (including phenoxy) is 3. The van der Waals surface area contributed by atoms with Crippen molar-refractivity contribution in [3.63, 3.8) is 0 Å². The molecule has 15 heteroatoms. The van der Waals surface area contributed by atoms with Crippen molar-refractivity contribution in [1.82, 2.24) is 10.2 Å². The van der Waals surface area contributed by atoms with Gasteiger partial charge in [-0.2, -0.15) is 8.42 Å². The van der Waals surface area contributed by atoms with Crippen molar-refractivity contribution in [1.29, 1.82) is 0 Å². The number of para-hydroxylation sites is 2. The number of amides is 2. The highest BCUT2D eigenvalue weighted by atomic mass is 32.2. The molecule has 5 aromatic rings. The van der Waals surface area contributed by atoms with Crippen molar-refractivity contribution in [2.75, 3.05) is 6.54 Å². The molecule has 57 heavy (non-hydrogen) atoms. The van der Waals surface area contributed by atoms with Gasteiger partial charge in [0, 0.05) is 12.1 Å². The number of carbonyl (C=O) groups is 4. The number of rotatable bonds is 9. The lowest BCUT2D eigenvalue weighted by Gasteiger charge is -2.37. The smallest absolute Gasteiger partial charge is 0.413 e. The second-order valence-electron chi connectivity index (χ2n) is 14.2. The highest BCUT2D eigenvalue weighted by Crippen LogP contribution is 2.30. The Bertz CT molecular complexity index is 2390. The lowest BCUT2D eigenvalue weighted by atomic mass is 10.0. The summed E-state index contributed by atoms with van der Waals surface area (Å²) in [5.74, 6) is -3.23. The fourth-order valence-corrected chi connectivity index (χ4v) is 7.12. The first kappa shape index (κ1) is 40.1. The summed E-state index contributed by atoms with van der Waals surface area (Å²) in [5.41, 5.74) is -0.770. The van der Waals surface area contributed by atoms with Gasteiger partial charge in [0.25, 0.3) is 5.91 Å². The third kappa shape index (κ3) is 9.62. The Morgan fingerprint density at radius 1 is 0.754 bits per heavy atom. The maximum atomic E-state index is 13.9. The summed E-state index contributed by atoms with van der Waals surface area (Å²) in [5, 5.41) is 24.1. The molecule has 0 aromatic heterocycles. The third-order valence-electron chi connectivity index (χ3n) is 8.90. The minimum atomic E-state index is -4.45. The van der Waals surface area contributed by atoms with Gasteiger partial charge in [0.1, 0.15) is 28.4 Å². The normalized spacial score (nSPS) is 17.2. The Morgan fingerprint density at radius 2 is 1.40 bits per heavy atom. The van der Waals surface area contributed by atoms with Crippen LogP contribution in [0.15, 0.2) is 120 Å². The number of nitrogens with one attached hydrogen (secondary N) is 1. The standard InChI is InChI=1S/C42H40N2O12S/c1-42(2,3)55-41(50)44-25-9-16-35(53-40(49)32-13-8-11-26-10-4-5-12-31(26)32)36(43-37(47)27-17-21-29(45)22-18-27)38(44)54-39(48)28-19-23-30(24-20-28)57(51,52)56-34-15-7-6-14-33(34)46/h4-8,10-15,17-24,35-36,38,45-46H,9,16,25H2,1-3H3,(H,43,47)/t35-,36-,38?/m1/s1. The van der Waals surface area contributed by atoms with Crippen molar-refractivity contribution in [2.24, 2.45) is 0 Å². The zero-order valence-corrected chi connectivity index (χ0v) is 32.0. The lowest BCUT2D eigenvalue weighted by Crippen LogP contribution is -2.59. The van der Waals surface area contributed by atoms with E-state index in [1.165, 1.54) is 60.7 Å². The molecular formula is C42H40N2O12S. The number of hydrogen-bond donors (Lipinski definition) is 3. The Labute approximate surface area is 328 Å². The van der Waals surface area contributed by atoms with Gasteiger partial charge < -0.3 is 33.9 Å². The highest BCUT2D eigenvalue weighted by molar-refractivity contribution is 7.87. The predicted octanol–water partition coefficient (Wildman–Crippen LogP) is 6.56. The van der Waals surface area contributed by atoms with E-state index in [-0.39, 0.29) is 52.5 Å². The van der Waals surface area contributed by atoms with Crippen molar-refractivity contribution in [2.45, 2.75) is 62.5 Å². The maximum Gasteiger partial charge on any atom is 0.413 e. The van der Waals surface area contributed by atoms with E-state index in [4.69, 9.17) is 18.4 Å². The quantitative estimate of drug-likeness (QED) is 0.0828. The first-order chi connectivity index (χ1) is 27.1. The summed E-state index contributed by atoms with van der Waals surface area (Å²) < 4.78 is 48.9. The molecule has 1 unspecified atom stereocenters. The molecule has 0 radical (unpaired) electrons. The Morgan fingerprint density at radius 3 is 2.11 bits per heavy atom. The molecule has 1 aliphatic rings. The summed E-state index contributed by atoms with van der Waals surface area (Å²) in [6.07, 6.45) is -3.33. The number of phenols is 2. The maximum absolute atomic E-state index is 13.9. The number of carbonyl (C=O) groups excluding carboxylic acids is 4. The van der Waals surface area contributed by atoms with E-state index in [2.05, 4.69) is 5.32 Å². The molecule has 1 heterocycles. The average Bonchev–Trinajstić information content (AvgIpc) is 3.33. The van der Waals surface area contributed by atoms with Crippen LogP contribution in [-0.4, -0.2) is 78.0 Å². The number of phenolic OH excluding ortho intramolecular Hbond substituents is 2. The number of nitrogens with zero attached hydrogens (tertiary/aromatic N) is 1. The minimum Gasteiger partial charge on any atom is -0.508 e. The number of aromatic hydroxyl groups is 2. The highest BCUT2D eigenvalue weighted by Gasteiger charge is 2.45. The van der Waals surface area contributed by atoms with Gasteiger partial charge in [-0.05, 0) is 111 Å². The summed E-state index contributed by atoms with van der Waals surface area (Å²) in [6, 6.07) is 26.4. The molecule has 1 aliphatic heterocycles. The van der Waals surface area contributed by atoms with E-state index in [1.54, 1.807) is 45.0 Å². The SMILES string of the molecule is CC(C)(C)OC(=O)N1CCC[C@@H](OC(=O)c2cccc3ccccc23)[C@@H](NC(=O)c2ccc(O)cc2)C1OC(=O)c1ccc(S(=O)(=O)Oc2ccccc2O)cc1. The summed E-state index contributed by atoms with van der Waals surface area (Å²) >= 11 is 0. The second-order valence-corrected chi connectivity index (χ2v) is 15.7. The van der Waals surface area contributed by atoms with E-state index >= 15 is 0 Å². The largest absolute Gasteiger partial charge is 0.508 e. The molecule has 3 N–H and O–H groups in total. The molecule has 6 rings (SSSR count). The third-order valence-corrected chi connectivity index (χ3v) is 10.1. The van der Waals surface area contributed by atoms with Crippen molar-refractivity contribution in [3.05, 3.63) is 132 Å². The molecule has 0 aliphatic carbocycles. The Hall–Kier alpha value is -6.61. The number of esters is 2. The van der Waals surface area contributed by atoms with Crippen molar-refractivity contribution >= 4 is 44.8 Å². The minimum absolute atomic E-state index is 0.0401. The summed E-state index contributed by atoms with van der Waals surface area (Å²) in [7, 11) is -4.45. The molecule has 3 atom stereocenters. The number of likely N-dealkylation sites (tertiary alicyclic amines) is 1. The molecule has 14 nitrogen and oxygen atoms in total. The monoisotopic (exact) mass is 796 g/mol. The van der Waals surface area contributed by atoms with E-state index in [0.717, 1.165) is 22.4 Å². The molecular weight excluding hydrogens is 757 g/mol. The first-order valence-corrected chi connectivity index (χ1v) is 19.3. The van der Waals surface area contributed by atoms with E-state index < -0.39 is 63.8 Å². The van der Waals surface area contributed by atoms with Gasteiger partial charge in [0.05, 0.1) is 11.1 Å². The zero-order valence-electron chi connectivity index (χ0n) is 31.2. The van der Waals surface area contributed by atoms with E-state index in [9.17, 15) is 37.8 Å². The van der Waals surface area contributed by atoms with Crippen LogP contribution in [0.1, 0.15) is 64.7 Å². The Kier molecular flexibility index (Phi) is 11.7. The fraction of sp³-hybridized carbons (Fsp3) is 0.238. The molecule has 0 saturated carbocycles. The van der Waals surface area contributed by atoms with Crippen LogP contribution in [0.3, 0.4) is 0 Å².